The third kappa shape index (κ3) is 1.54. The summed E-state index contributed by atoms with van der Waals surface area (Å²) in [7, 11) is 0. The fourth-order valence-corrected chi connectivity index (χ4v) is 1.68. The van der Waals surface area contributed by atoms with Crippen LogP contribution in [0.4, 0.5) is 0 Å². The second kappa shape index (κ2) is 2.28. The van der Waals surface area contributed by atoms with Crippen molar-refractivity contribution >= 4 is 45.5 Å². The topological polar surface area (TPSA) is 12.9 Å². The number of hydrogen-bond acceptors (Lipinski definition) is 2. The fraction of sp³-hybridized carbons (Fsp3) is 0. The third-order valence-electron chi connectivity index (χ3n) is 0.448. The molecule has 0 aliphatic carbocycles. The lowest BCUT2D eigenvalue weighted by Crippen LogP contribution is -1.59. The standard InChI is InChI=1S/C3HClINS/c4-2-1-7-3(5)6-2/h1H. The summed E-state index contributed by atoms with van der Waals surface area (Å²) in [5.41, 5.74) is 0. The number of thiazole rings is 1. The van der Waals surface area contributed by atoms with E-state index < -0.39 is 0 Å². The largest absolute Gasteiger partial charge is 0.218 e. The van der Waals surface area contributed by atoms with Crippen LogP contribution >= 0.6 is 45.5 Å². The first-order valence-electron chi connectivity index (χ1n) is 1.55. The first-order valence-corrected chi connectivity index (χ1v) is 3.89. The number of nitrogens with zero attached hydrogens (tertiary/aromatic N) is 1. The van der Waals surface area contributed by atoms with E-state index in [0.717, 1.165) is 3.01 Å². The molecule has 0 atom stereocenters. The Bertz CT molecular complexity index is 147. The molecule has 0 aliphatic heterocycles. The zero-order valence-corrected chi connectivity index (χ0v) is 6.92. The average molecular weight is 245 g/mol. The van der Waals surface area contributed by atoms with Crippen molar-refractivity contribution in [3.63, 3.8) is 0 Å². The van der Waals surface area contributed by atoms with Gasteiger partial charge in [-0.25, -0.2) is 4.98 Å². The number of aromatic nitrogens is 1. The van der Waals surface area contributed by atoms with E-state index in [2.05, 4.69) is 27.6 Å². The van der Waals surface area contributed by atoms with E-state index in [4.69, 9.17) is 11.6 Å². The molecular weight excluding hydrogens is 244 g/mol. The monoisotopic (exact) mass is 245 g/mol. The highest BCUT2D eigenvalue weighted by Crippen LogP contribution is 2.14. The highest BCUT2D eigenvalue weighted by atomic mass is 127. The molecule has 1 aromatic heterocycles. The summed E-state index contributed by atoms with van der Waals surface area (Å²) < 4.78 is 0.989. The van der Waals surface area contributed by atoms with Gasteiger partial charge in [0.2, 0.25) is 0 Å². The van der Waals surface area contributed by atoms with E-state index in [1.807, 2.05) is 5.38 Å². The van der Waals surface area contributed by atoms with Crippen molar-refractivity contribution in [2.24, 2.45) is 0 Å². The van der Waals surface area contributed by atoms with Gasteiger partial charge in [-0.15, -0.1) is 11.3 Å². The Morgan fingerprint density at radius 3 is 2.71 bits per heavy atom. The highest BCUT2D eigenvalue weighted by Gasteiger charge is 1.90. The van der Waals surface area contributed by atoms with E-state index in [1.54, 1.807) is 11.3 Å². The van der Waals surface area contributed by atoms with Gasteiger partial charge in [-0.2, -0.15) is 0 Å². The van der Waals surface area contributed by atoms with E-state index >= 15 is 0 Å². The van der Waals surface area contributed by atoms with Gasteiger partial charge in [0.25, 0.3) is 0 Å². The van der Waals surface area contributed by atoms with E-state index in [0.29, 0.717) is 5.15 Å². The molecule has 0 radical (unpaired) electrons. The molecule has 1 rings (SSSR count). The maximum Gasteiger partial charge on any atom is 0.155 e. The minimum atomic E-state index is 0.592. The van der Waals surface area contributed by atoms with E-state index in [9.17, 15) is 0 Å². The Labute approximate surface area is 63.9 Å². The summed E-state index contributed by atoms with van der Waals surface area (Å²) in [6, 6.07) is 0. The molecule has 38 valence electrons. The van der Waals surface area contributed by atoms with E-state index in [1.165, 1.54) is 0 Å². The van der Waals surface area contributed by atoms with Gasteiger partial charge in [-0.1, -0.05) is 11.6 Å². The zero-order valence-electron chi connectivity index (χ0n) is 3.19. The third-order valence-corrected chi connectivity index (χ3v) is 2.40. The van der Waals surface area contributed by atoms with Gasteiger partial charge in [-0.3, -0.25) is 0 Å². The van der Waals surface area contributed by atoms with Gasteiger partial charge in [0.05, 0.1) is 0 Å². The van der Waals surface area contributed by atoms with Crippen LogP contribution in [0.3, 0.4) is 0 Å². The molecule has 4 heteroatoms. The molecule has 1 aromatic rings. The number of hydrogen-bond donors (Lipinski definition) is 0. The van der Waals surface area contributed by atoms with Gasteiger partial charge in [0.15, 0.2) is 3.01 Å². The van der Waals surface area contributed by atoms with Gasteiger partial charge in [-0.05, 0) is 22.6 Å². The lowest BCUT2D eigenvalue weighted by molar-refractivity contribution is 1.38. The van der Waals surface area contributed by atoms with Crippen LogP contribution in [0.2, 0.25) is 5.15 Å². The lowest BCUT2D eigenvalue weighted by Gasteiger charge is -1.66. The second-order valence-corrected chi connectivity index (χ2v) is 3.92. The summed E-state index contributed by atoms with van der Waals surface area (Å²) in [5.74, 6) is 0. The second-order valence-electron chi connectivity index (χ2n) is 0.923. The van der Waals surface area contributed by atoms with Crippen LogP contribution < -0.4 is 0 Å². The Morgan fingerprint density at radius 1 is 1.86 bits per heavy atom. The van der Waals surface area contributed by atoms with E-state index in [-0.39, 0.29) is 0 Å². The molecule has 0 saturated heterocycles. The predicted molar refractivity (Wildman–Crippen MR) is 39.8 cm³/mol. The molecule has 0 unspecified atom stereocenters. The van der Waals surface area contributed by atoms with Gasteiger partial charge in [0, 0.05) is 5.38 Å². The SMILES string of the molecule is Clc1csc(I)n1. The normalized spacial score (nSPS) is 9.43. The highest BCUT2D eigenvalue weighted by molar-refractivity contribution is 14.1. The molecule has 0 fully saturated rings. The Morgan fingerprint density at radius 2 is 2.57 bits per heavy atom. The molecule has 7 heavy (non-hydrogen) atoms. The minimum absolute atomic E-state index is 0.592. The smallest absolute Gasteiger partial charge is 0.155 e. The Balaban J connectivity index is 3.04. The van der Waals surface area contributed by atoms with Crippen molar-refractivity contribution in [3.8, 4) is 0 Å². The van der Waals surface area contributed by atoms with Crippen molar-refractivity contribution in [3.05, 3.63) is 13.5 Å². The molecule has 1 nitrogen and oxygen atoms in total. The lowest BCUT2D eigenvalue weighted by atomic mass is 11.0. The van der Waals surface area contributed by atoms with Crippen LogP contribution in [0.15, 0.2) is 5.38 Å². The van der Waals surface area contributed by atoms with Crippen molar-refractivity contribution in [2.75, 3.05) is 0 Å². The molecule has 1 heterocycles. The van der Waals surface area contributed by atoms with Crippen LogP contribution in [0.25, 0.3) is 0 Å². The van der Waals surface area contributed by atoms with Gasteiger partial charge in [0.1, 0.15) is 5.15 Å². The summed E-state index contributed by atoms with van der Waals surface area (Å²) >= 11 is 9.13. The van der Waals surface area contributed by atoms with Crippen molar-refractivity contribution in [1.29, 1.82) is 0 Å². The zero-order chi connectivity index (χ0) is 5.28. The van der Waals surface area contributed by atoms with Gasteiger partial charge >= 0.3 is 0 Å². The van der Waals surface area contributed by atoms with Crippen LogP contribution in [0, 0.1) is 3.01 Å². The molecule has 0 spiro atoms. The Kier molecular flexibility index (Phi) is 1.88. The van der Waals surface area contributed by atoms with Crippen molar-refractivity contribution in [2.45, 2.75) is 0 Å². The molecule has 0 amide bonds. The summed E-state index contributed by atoms with van der Waals surface area (Å²) in [4.78, 5) is 3.88. The number of halogens is 2. The molecule has 0 bridgehead atoms. The summed E-state index contributed by atoms with van der Waals surface area (Å²) in [6.45, 7) is 0. The van der Waals surface area contributed by atoms with Crippen molar-refractivity contribution in [1.82, 2.24) is 4.98 Å². The predicted octanol–water partition coefficient (Wildman–Crippen LogP) is 2.40. The average Bonchev–Trinajstić information content (AvgIpc) is 1.87. The first kappa shape index (κ1) is 5.78. The van der Waals surface area contributed by atoms with Gasteiger partial charge < -0.3 is 0 Å². The van der Waals surface area contributed by atoms with Crippen molar-refractivity contribution < 1.29 is 0 Å². The first-order chi connectivity index (χ1) is 3.29. The van der Waals surface area contributed by atoms with Crippen LogP contribution in [-0.2, 0) is 0 Å². The quantitative estimate of drug-likeness (QED) is 0.640. The molecule has 0 aliphatic rings. The Hall–Kier alpha value is 0.650. The van der Waals surface area contributed by atoms with Crippen LogP contribution in [0.5, 0.6) is 0 Å². The van der Waals surface area contributed by atoms with Crippen LogP contribution in [0.1, 0.15) is 0 Å². The fourth-order valence-electron chi connectivity index (χ4n) is 0.234. The molecule has 0 N–H and O–H groups in total. The maximum absolute atomic E-state index is 5.46. The molecule has 0 saturated carbocycles. The molecule has 0 aromatic carbocycles. The minimum Gasteiger partial charge on any atom is -0.218 e. The number of rotatable bonds is 0. The van der Waals surface area contributed by atoms with Crippen LogP contribution in [-0.4, -0.2) is 4.98 Å². The summed E-state index contributed by atoms with van der Waals surface area (Å²) in [6.07, 6.45) is 0. The summed E-state index contributed by atoms with van der Waals surface area (Å²) in [5, 5.41) is 2.40. The maximum atomic E-state index is 5.46. The molecular formula is C3HClINS.